The molecule has 6 N–H and O–H groups in total. The lowest BCUT2D eigenvalue weighted by Gasteiger charge is -2.20. The third-order valence-corrected chi connectivity index (χ3v) is 6.12. The van der Waals surface area contributed by atoms with Gasteiger partial charge in [-0.3, -0.25) is 14.4 Å². The third kappa shape index (κ3) is 5.13. The van der Waals surface area contributed by atoms with Gasteiger partial charge in [-0.1, -0.05) is 0 Å². The van der Waals surface area contributed by atoms with Crippen LogP contribution in [0.3, 0.4) is 0 Å². The largest absolute Gasteiger partial charge is 0.525 e. The quantitative estimate of drug-likeness (QED) is 0.178. The lowest BCUT2D eigenvalue weighted by molar-refractivity contribution is -0.0511. The highest BCUT2D eigenvalue weighted by Crippen LogP contribution is 2.51. The lowest BCUT2D eigenvalue weighted by atomic mass is 10.1. The fraction of sp³-hybridized carbons (Fsp3) is 0.450. The smallest absolute Gasteiger partial charge is 0.496 e. The SMILES string of the molecule is COc1cc(OC)c(OP(=O)(O)O)c(OC)c1CNc1ncnc2c1ncn2[C@@H]1O[C@H](CO)[C@@H](O)[C@H]1O. The van der Waals surface area contributed by atoms with Gasteiger partial charge in [0.1, 0.15) is 30.4 Å². The molecular weight excluding hydrogens is 517 g/mol. The van der Waals surface area contributed by atoms with Crippen molar-refractivity contribution >= 4 is 24.8 Å². The van der Waals surface area contributed by atoms with E-state index in [1.807, 2.05) is 0 Å². The molecule has 0 amide bonds. The molecule has 0 unspecified atom stereocenters. The number of hydrogen-bond acceptors (Lipinski definition) is 13. The number of anilines is 1. The number of aromatic nitrogens is 4. The number of methoxy groups -OCH3 is 3. The molecule has 16 nitrogen and oxygen atoms in total. The second kappa shape index (κ2) is 10.6. The van der Waals surface area contributed by atoms with E-state index in [0.29, 0.717) is 11.1 Å². The molecule has 4 rings (SSSR count). The summed E-state index contributed by atoms with van der Waals surface area (Å²) in [5.74, 6) is 0.128. The van der Waals surface area contributed by atoms with Gasteiger partial charge >= 0.3 is 7.82 Å². The molecule has 3 heterocycles. The van der Waals surface area contributed by atoms with Gasteiger partial charge in [0.05, 0.1) is 39.8 Å². The van der Waals surface area contributed by atoms with Gasteiger partial charge in [0, 0.05) is 12.6 Å². The van der Waals surface area contributed by atoms with Crippen molar-refractivity contribution in [2.45, 2.75) is 31.1 Å². The summed E-state index contributed by atoms with van der Waals surface area (Å²) in [6.45, 7) is -0.511. The zero-order valence-corrected chi connectivity index (χ0v) is 20.8. The molecule has 0 saturated carbocycles. The van der Waals surface area contributed by atoms with Gasteiger partial charge in [-0.25, -0.2) is 19.5 Å². The van der Waals surface area contributed by atoms with E-state index < -0.39 is 39.0 Å². The molecule has 0 bridgehead atoms. The molecule has 202 valence electrons. The monoisotopic (exact) mass is 543 g/mol. The fourth-order valence-corrected chi connectivity index (χ4v) is 4.42. The van der Waals surface area contributed by atoms with E-state index in [1.54, 1.807) is 0 Å². The normalized spacial score (nSPS) is 21.7. The third-order valence-electron chi connectivity index (χ3n) is 5.70. The van der Waals surface area contributed by atoms with E-state index in [1.165, 1.54) is 44.6 Å². The number of ether oxygens (including phenoxy) is 4. The molecule has 17 heteroatoms. The molecule has 2 aromatic heterocycles. The van der Waals surface area contributed by atoms with E-state index in [9.17, 15) is 29.7 Å². The average Bonchev–Trinajstić information content (AvgIpc) is 3.42. The number of hydrogen-bond donors (Lipinski definition) is 6. The molecule has 37 heavy (non-hydrogen) atoms. The first kappa shape index (κ1) is 26.8. The van der Waals surface area contributed by atoms with Crippen LogP contribution in [0, 0.1) is 0 Å². The summed E-state index contributed by atoms with van der Waals surface area (Å²) in [6.07, 6.45) is -2.06. The topological polar surface area (TPSA) is 220 Å². The molecule has 1 aromatic carbocycles. The maximum atomic E-state index is 11.6. The van der Waals surface area contributed by atoms with E-state index in [2.05, 4.69) is 20.3 Å². The molecule has 0 spiro atoms. The van der Waals surface area contributed by atoms with Crippen LogP contribution in [0.2, 0.25) is 0 Å². The Kier molecular flexibility index (Phi) is 7.70. The highest BCUT2D eigenvalue weighted by molar-refractivity contribution is 7.46. The molecule has 1 aliphatic heterocycles. The average molecular weight is 543 g/mol. The first-order valence-corrected chi connectivity index (χ1v) is 12.3. The van der Waals surface area contributed by atoms with E-state index >= 15 is 0 Å². The van der Waals surface area contributed by atoms with Crippen molar-refractivity contribution in [3.05, 3.63) is 24.3 Å². The zero-order valence-electron chi connectivity index (χ0n) is 19.9. The van der Waals surface area contributed by atoms with Crippen LogP contribution in [0.1, 0.15) is 11.8 Å². The Labute approximate surface area is 209 Å². The van der Waals surface area contributed by atoms with Crippen LogP contribution in [-0.2, 0) is 15.8 Å². The van der Waals surface area contributed by atoms with Crippen LogP contribution >= 0.6 is 7.82 Å². The molecule has 1 fully saturated rings. The Morgan fingerprint density at radius 1 is 1.05 bits per heavy atom. The van der Waals surface area contributed by atoms with E-state index in [4.69, 9.17) is 23.5 Å². The molecule has 0 aliphatic carbocycles. The van der Waals surface area contributed by atoms with Crippen LogP contribution in [-0.4, -0.2) is 90.9 Å². The van der Waals surface area contributed by atoms with Crippen molar-refractivity contribution < 1.29 is 53.1 Å². The Hall–Kier alpha value is -3.24. The Morgan fingerprint density at radius 2 is 1.78 bits per heavy atom. The maximum Gasteiger partial charge on any atom is 0.525 e. The van der Waals surface area contributed by atoms with Crippen LogP contribution in [0.4, 0.5) is 5.82 Å². The Balaban J connectivity index is 1.69. The van der Waals surface area contributed by atoms with Gasteiger partial charge in [-0.2, -0.15) is 0 Å². The predicted octanol–water partition coefficient (Wildman–Crippen LogP) is -0.453. The summed E-state index contributed by atoms with van der Waals surface area (Å²) in [5, 5.41) is 32.9. The minimum atomic E-state index is -4.97. The second-order valence-electron chi connectivity index (χ2n) is 7.83. The summed E-state index contributed by atoms with van der Waals surface area (Å²) < 4.78 is 39.3. The van der Waals surface area contributed by atoms with Crippen molar-refractivity contribution in [3.63, 3.8) is 0 Å². The zero-order chi connectivity index (χ0) is 26.9. The Bertz CT molecular complexity index is 1320. The Morgan fingerprint density at radius 3 is 2.38 bits per heavy atom. The highest BCUT2D eigenvalue weighted by Gasteiger charge is 2.44. The van der Waals surface area contributed by atoms with Crippen molar-refractivity contribution in [1.29, 1.82) is 0 Å². The van der Waals surface area contributed by atoms with Gasteiger partial charge < -0.3 is 44.1 Å². The van der Waals surface area contributed by atoms with Crippen LogP contribution in [0.5, 0.6) is 23.0 Å². The fourth-order valence-electron chi connectivity index (χ4n) is 4.00. The van der Waals surface area contributed by atoms with Gasteiger partial charge in [0.2, 0.25) is 5.75 Å². The minimum Gasteiger partial charge on any atom is -0.496 e. The molecule has 3 aromatic rings. The van der Waals surface area contributed by atoms with Crippen molar-refractivity contribution in [2.75, 3.05) is 33.3 Å². The maximum absolute atomic E-state index is 11.6. The van der Waals surface area contributed by atoms with Crippen molar-refractivity contribution in [1.82, 2.24) is 19.5 Å². The van der Waals surface area contributed by atoms with Gasteiger partial charge in [-0.15, -0.1) is 0 Å². The van der Waals surface area contributed by atoms with Crippen molar-refractivity contribution in [3.8, 4) is 23.0 Å². The number of rotatable bonds is 10. The number of phosphoric acid groups is 1. The highest BCUT2D eigenvalue weighted by atomic mass is 31.2. The standard InChI is InChI=1S/C20H26N5O11P/c1-32-10-4-11(33-2)17(36-37(29,30)31)16(34-3)9(10)5-21-18-13-19(23-7-22-18)25(8-24-13)20-15(28)14(27)12(6-26)35-20/h4,7-8,12,14-15,20,26-28H,5-6H2,1-3H3,(H,21,22,23)(H2,29,30,31)/t12-,14-,15-,20-/m1/s1. The number of fused-ring (bicyclic) bond motifs is 1. The van der Waals surface area contributed by atoms with Crippen LogP contribution in [0.25, 0.3) is 11.2 Å². The second-order valence-corrected chi connectivity index (χ2v) is 9.00. The number of imidazole rings is 1. The first-order valence-electron chi connectivity index (χ1n) is 10.7. The van der Waals surface area contributed by atoms with Gasteiger partial charge in [0.15, 0.2) is 34.7 Å². The van der Waals surface area contributed by atoms with Gasteiger partial charge in [0.25, 0.3) is 0 Å². The summed E-state index contributed by atoms with van der Waals surface area (Å²) in [6, 6.07) is 1.39. The molecule has 0 radical (unpaired) electrons. The van der Waals surface area contributed by atoms with E-state index in [-0.39, 0.29) is 41.0 Å². The number of nitrogens with one attached hydrogen (secondary N) is 1. The van der Waals surface area contributed by atoms with Crippen molar-refractivity contribution in [2.24, 2.45) is 0 Å². The predicted molar refractivity (Wildman–Crippen MR) is 124 cm³/mol. The molecule has 1 aliphatic rings. The minimum absolute atomic E-state index is 0.0255. The molecular formula is C20H26N5O11P. The number of benzene rings is 1. The summed E-state index contributed by atoms with van der Waals surface area (Å²) in [4.78, 5) is 31.4. The number of aliphatic hydroxyl groups is 3. The molecule has 4 atom stereocenters. The van der Waals surface area contributed by atoms with Crippen LogP contribution < -0.4 is 24.1 Å². The summed E-state index contributed by atoms with van der Waals surface area (Å²) in [7, 11) is -0.991. The van der Waals surface area contributed by atoms with Crippen LogP contribution in [0.15, 0.2) is 18.7 Å². The number of nitrogens with zero attached hydrogens (tertiary/aromatic N) is 4. The lowest BCUT2D eigenvalue weighted by Crippen LogP contribution is -2.33. The van der Waals surface area contributed by atoms with E-state index in [0.717, 1.165) is 0 Å². The summed E-state index contributed by atoms with van der Waals surface area (Å²) >= 11 is 0. The summed E-state index contributed by atoms with van der Waals surface area (Å²) in [5.41, 5.74) is 0.883. The molecule has 1 saturated heterocycles. The number of phosphoric ester groups is 1. The number of aliphatic hydroxyl groups excluding tert-OH is 3. The first-order chi connectivity index (χ1) is 17.6. The van der Waals surface area contributed by atoms with Gasteiger partial charge in [-0.05, 0) is 0 Å².